The van der Waals surface area contributed by atoms with Gasteiger partial charge >= 0.3 is 5.97 Å². The van der Waals surface area contributed by atoms with Crippen LogP contribution in [0.5, 0.6) is 5.75 Å². The average molecular weight is 396 g/mol. The number of ether oxygens (including phenoxy) is 2. The molecule has 2 aromatic carbocycles. The molecule has 0 aliphatic carbocycles. The molecule has 0 saturated carbocycles. The van der Waals surface area contributed by atoms with Crippen LogP contribution in [0.1, 0.15) is 18.1 Å². The highest BCUT2D eigenvalue weighted by molar-refractivity contribution is 5.95. The van der Waals surface area contributed by atoms with Gasteiger partial charge in [-0.05, 0) is 41.8 Å². The molecule has 0 aliphatic heterocycles. The molecule has 0 aromatic heterocycles. The van der Waals surface area contributed by atoms with Gasteiger partial charge in [0.05, 0.1) is 13.7 Å². The second-order valence-corrected chi connectivity index (χ2v) is 6.05. The summed E-state index contributed by atoms with van der Waals surface area (Å²) in [6, 6.07) is 14.6. The summed E-state index contributed by atoms with van der Waals surface area (Å²) in [4.78, 5) is 35.5. The third-order valence-corrected chi connectivity index (χ3v) is 3.97. The van der Waals surface area contributed by atoms with Crippen LogP contribution in [-0.2, 0) is 25.5 Å². The first-order chi connectivity index (χ1) is 14.0. The molecule has 152 valence electrons. The van der Waals surface area contributed by atoms with Gasteiger partial charge in [-0.15, -0.1) is 0 Å². The summed E-state index contributed by atoms with van der Waals surface area (Å²) in [5.41, 5.74) is 2.47. The number of methoxy groups -OCH3 is 1. The smallest absolute Gasteiger partial charge is 0.331 e. The number of para-hydroxylation sites is 1. The maximum atomic E-state index is 12.0. The van der Waals surface area contributed by atoms with Crippen molar-refractivity contribution in [2.75, 3.05) is 25.6 Å². The van der Waals surface area contributed by atoms with Crippen molar-refractivity contribution in [2.45, 2.75) is 13.3 Å². The Balaban J connectivity index is 1.72. The number of carbonyl (C=O) groups excluding carboxylic acids is 3. The zero-order valence-corrected chi connectivity index (χ0v) is 16.4. The van der Waals surface area contributed by atoms with Crippen LogP contribution in [0, 0.1) is 0 Å². The Morgan fingerprint density at radius 2 is 1.83 bits per heavy atom. The van der Waals surface area contributed by atoms with Crippen molar-refractivity contribution < 1.29 is 23.9 Å². The fourth-order valence-corrected chi connectivity index (χ4v) is 2.47. The van der Waals surface area contributed by atoms with Crippen molar-refractivity contribution in [1.29, 1.82) is 0 Å². The van der Waals surface area contributed by atoms with E-state index in [9.17, 15) is 14.4 Å². The lowest BCUT2D eigenvalue weighted by Crippen LogP contribution is -2.35. The fraction of sp³-hybridized carbons (Fsp3) is 0.227. The van der Waals surface area contributed by atoms with Crippen LogP contribution in [-0.4, -0.2) is 38.0 Å². The van der Waals surface area contributed by atoms with Crippen LogP contribution in [0.25, 0.3) is 6.08 Å². The lowest BCUT2D eigenvalue weighted by molar-refractivity contribution is -0.143. The number of nitrogens with one attached hydrogen (secondary N) is 2. The molecule has 29 heavy (non-hydrogen) atoms. The van der Waals surface area contributed by atoms with Crippen LogP contribution in [0.15, 0.2) is 54.6 Å². The first-order valence-electron chi connectivity index (χ1n) is 9.15. The molecule has 0 saturated heterocycles. The summed E-state index contributed by atoms with van der Waals surface area (Å²) < 4.78 is 9.97. The minimum absolute atomic E-state index is 0.214. The highest BCUT2D eigenvalue weighted by atomic mass is 16.5. The van der Waals surface area contributed by atoms with E-state index in [1.54, 1.807) is 43.5 Å². The molecule has 0 radical (unpaired) electrons. The Kier molecular flexibility index (Phi) is 8.44. The quantitative estimate of drug-likeness (QED) is 0.502. The van der Waals surface area contributed by atoms with Crippen molar-refractivity contribution in [3.05, 3.63) is 65.7 Å². The highest BCUT2D eigenvalue weighted by Crippen LogP contribution is 2.15. The molecule has 0 fully saturated rings. The number of carbonyl (C=O) groups is 3. The molecule has 7 nitrogen and oxygen atoms in total. The van der Waals surface area contributed by atoms with E-state index in [1.807, 2.05) is 25.1 Å². The summed E-state index contributed by atoms with van der Waals surface area (Å²) in [6.07, 6.45) is 3.56. The standard InChI is InChI=1S/C22H24N2O5/c1-3-17-8-4-5-10-19(17)24-20(25)14-23-21(26)15-29-22(27)12-11-16-7-6-9-18(13-16)28-2/h4-13H,3,14-15H2,1-2H3,(H,23,26)(H,24,25)/b12-11+. The summed E-state index contributed by atoms with van der Waals surface area (Å²) in [6.45, 7) is 1.30. The van der Waals surface area contributed by atoms with E-state index in [-0.39, 0.29) is 12.5 Å². The van der Waals surface area contributed by atoms with Crippen molar-refractivity contribution in [2.24, 2.45) is 0 Å². The molecule has 0 aliphatic rings. The molecule has 2 N–H and O–H groups in total. The number of anilines is 1. The lowest BCUT2D eigenvalue weighted by atomic mass is 10.1. The number of benzene rings is 2. The normalized spacial score (nSPS) is 10.4. The van der Waals surface area contributed by atoms with E-state index in [1.165, 1.54) is 6.08 Å². The van der Waals surface area contributed by atoms with E-state index in [0.717, 1.165) is 17.5 Å². The van der Waals surface area contributed by atoms with Gasteiger partial charge in [-0.25, -0.2) is 4.79 Å². The molecule has 7 heteroatoms. The van der Waals surface area contributed by atoms with Crippen LogP contribution in [0.2, 0.25) is 0 Å². The van der Waals surface area contributed by atoms with Crippen LogP contribution < -0.4 is 15.4 Å². The Morgan fingerprint density at radius 1 is 1.03 bits per heavy atom. The molecular formula is C22H24N2O5. The van der Waals surface area contributed by atoms with Gasteiger partial charge in [-0.3, -0.25) is 9.59 Å². The van der Waals surface area contributed by atoms with Crippen LogP contribution >= 0.6 is 0 Å². The van der Waals surface area contributed by atoms with Crippen molar-refractivity contribution in [3.63, 3.8) is 0 Å². The van der Waals surface area contributed by atoms with Gasteiger partial charge in [0, 0.05) is 11.8 Å². The van der Waals surface area contributed by atoms with Crippen molar-refractivity contribution >= 4 is 29.5 Å². The number of rotatable bonds is 9. The Hall–Kier alpha value is -3.61. The predicted molar refractivity (Wildman–Crippen MR) is 110 cm³/mol. The van der Waals surface area contributed by atoms with Crippen LogP contribution in [0.3, 0.4) is 0 Å². The van der Waals surface area contributed by atoms with Gasteiger partial charge in [0.15, 0.2) is 6.61 Å². The fourth-order valence-electron chi connectivity index (χ4n) is 2.47. The SMILES string of the molecule is CCc1ccccc1NC(=O)CNC(=O)COC(=O)/C=C/c1cccc(OC)c1. The van der Waals surface area contributed by atoms with E-state index in [0.29, 0.717) is 11.4 Å². The van der Waals surface area contributed by atoms with E-state index in [4.69, 9.17) is 9.47 Å². The molecular weight excluding hydrogens is 372 g/mol. The topological polar surface area (TPSA) is 93.7 Å². The third-order valence-electron chi connectivity index (χ3n) is 3.97. The first-order valence-corrected chi connectivity index (χ1v) is 9.15. The summed E-state index contributed by atoms with van der Waals surface area (Å²) >= 11 is 0. The minimum atomic E-state index is -0.663. The number of esters is 1. The summed E-state index contributed by atoms with van der Waals surface area (Å²) in [5, 5.41) is 5.16. The number of amides is 2. The number of aryl methyl sites for hydroxylation is 1. The van der Waals surface area contributed by atoms with Gasteiger partial charge in [-0.1, -0.05) is 37.3 Å². The molecule has 0 atom stereocenters. The van der Waals surface area contributed by atoms with Gasteiger partial charge in [0.1, 0.15) is 5.75 Å². The van der Waals surface area contributed by atoms with Crippen LogP contribution in [0.4, 0.5) is 5.69 Å². The monoisotopic (exact) mass is 396 g/mol. The average Bonchev–Trinajstić information content (AvgIpc) is 2.75. The van der Waals surface area contributed by atoms with Gasteiger partial charge in [0.25, 0.3) is 5.91 Å². The van der Waals surface area contributed by atoms with Gasteiger partial charge in [-0.2, -0.15) is 0 Å². The van der Waals surface area contributed by atoms with Gasteiger partial charge in [0.2, 0.25) is 5.91 Å². The van der Waals surface area contributed by atoms with Crippen molar-refractivity contribution in [1.82, 2.24) is 5.32 Å². The molecule has 0 spiro atoms. The van der Waals surface area contributed by atoms with Crippen molar-refractivity contribution in [3.8, 4) is 5.75 Å². The van der Waals surface area contributed by atoms with Gasteiger partial charge < -0.3 is 20.1 Å². The second kappa shape index (κ2) is 11.3. The Bertz CT molecular complexity index is 892. The van der Waals surface area contributed by atoms with E-state index < -0.39 is 18.5 Å². The third kappa shape index (κ3) is 7.50. The maximum Gasteiger partial charge on any atom is 0.331 e. The summed E-state index contributed by atoms with van der Waals surface area (Å²) in [7, 11) is 1.55. The summed E-state index contributed by atoms with van der Waals surface area (Å²) in [5.74, 6) is -0.917. The Labute approximate surface area is 169 Å². The molecule has 0 bridgehead atoms. The molecule has 2 rings (SSSR count). The molecule has 2 amide bonds. The largest absolute Gasteiger partial charge is 0.497 e. The predicted octanol–water partition coefficient (Wildman–Crippen LogP) is 2.57. The molecule has 0 unspecified atom stereocenters. The highest BCUT2D eigenvalue weighted by Gasteiger charge is 2.09. The molecule has 0 heterocycles. The Morgan fingerprint density at radius 3 is 2.59 bits per heavy atom. The molecule has 2 aromatic rings. The zero-order chi connectivity index (χ0) is 21.1. The number of hydrogen-bond acceptors (Lipinski definition) is 5. The minimum Gasteiger partial charge on any atom is -0.497 e. The van der Waals surface area contributed by atoms with E-state index >= 15 is 0 Å². The first kappa shape index (κ1) is 21.7. The maximum absolute atomic E-state index is 12.0. The zero-order valence-electron chi connectivity index (χ0n) is 16.4. The lowest BCUT2D eigenvalue weighted by Gasteiger charge is -2.10. The number of hydrogen-bond donors (Lipinski definition) is 2. The second-order valence-electron chi connectivity index (χ2n) is 6.05. The van der Waals surface area contributed by atoms with E-state index in [2.05, 4.69) is 10.6 Å².